The summed E-state index contributed by atoms with van der Waals surface area (Å²) in [5, 5.41) is 5.14. The predicted molar refractivity (Wildman–Crippen MR) is 107 cm³/mol. The first kappa shape index (κ1) is 23.5. The third-order valence-corrected chi connectivity index (χ3v) is 3.42. The van der Waals surface area contributed by atoms with Gasteiger partial charge < -0.3 is 20.1 Å². The Labute approximate surface area is 167 Å². The van der Waals surface area contributed by atoms with Crippen molar-refractivity contribution in [3.8, 4) is 0 Å². The topological polar surface area (TPSA) is 93.7 Å². The highest BCUT2D eigenvalue weighted by molar-refractivity contribution is 5.89. The molecule has 0 aliphatic carbocycles. The highest BCUT2D eigenvalue weighted by Gasteiger charge is 2.29. The molecule has 0 radical (unpaired) electrons. The fraction of sp³-hybridized carbons (Fsp3) is 0.571. The number of hydrogen-bond donors (Lipinski definition) is 2. The number of carbonyl (C=O) groups is 3. The molecule has 1 aromatic rings. The summed E-state index contributed by atoms with van der Waals surface area (Å²) in [5.41, 5.74) is -0.476. The minimum Gasteiger partial charge on any atom is -0.458 e. The Kier molecular flexibility index (Phi) is 8.02. The summed E-state index contributed by atoms with van der Waals surface area (Å²) in [6.45, 7) is 12.0. The molecule has 156 valence electrons. The molecular formula is C21H32N2O5. The Morgan fingerprint density at radius 1 is 0.893 bits per heavy atom. The SMILES string of the molecule is C[C@H](NC(=O)OC(C)(C)C)C(=O)N[C@@H](Cc1ccccc1)C(=O)OC(C)(C)C. The Balaban J connectivity index is 2.82. The van der Waals surface area contributed by atoms with E-state index in [0.29, 0.717) is 0 Å². The Morgan fingerprint density at radius 3 is 1.93 bits per heavy atom. The van der Waals surface area contributed by atoms with E-state index < -0.39 is 41.3 Å². The van der Waals surface area contributed by atoms with Crippen molar-refractivity contribution in [1.29, 1.82) is 0 Å². The summed E-state index contributed by atoms with van der Waals surface area (Å²) in [7, 11) is 0. The Bertz CT molecular complexity index is 674. The van der Waals surface area contributed by atoms with Gasteiger partial charge in [0.25, 0.3) is 0 Å². The molecule has 0 fully saturated rings. The third kappa shape index (κ3) is 9.39. The highest BCUT2D eigenvalue weighted by Crippen LogP contribution is 2.12. The van der Waals surface area contributed by atoms with Gasteiger partial charge in [-0.3, -0.25) is 4.79 Å². The second-order valence-electron chi connectivity index (χ2n) is 8.65. The van der Waals surface area contributed by atoms with Crippen molar-refractivity contribution < 1.29 is 23.9 Å². The van der Waals surface area contributed by atoms with Crippen LogP contribution in [-0.2, 0) is 25.5 Å². The molecule has 1 aromatic carbocycles. The number of ether oxygens (including phenoxy) is 2. The van der Waals surface area contributed by atoms with Crippen LogP contribution in [0.3, 0.4) is 0 Å². The van der Waals surface area contributed by atoms with Gasteiger partial charge in [-0.2, -0.15) is 0 Å². The number of rotatable bonds is 6. The number of esters is 1. The van der Waals surface area contributed by atoms with Gasteiger partial charge in [-0.25, -0.2) is 9.59 Å². The van der Waals surface area contributed by atoms with E-state index in [0.717, 1.165) is 5.56 Å². The van der Waals surface area contributed by atoms with Crippen molar-refractivity contribution >= 4 is 18.0 Å². The van der Waals surface area contributed by atoms with Crippen LogP contribution in [0.4, 0.5) is 4.79 Å². The van der Waals surface area contributed by atoms with Crippen LogP contribution >= 0.6 is 0 Å². The van der Waals surface area contributed by atoms with Gasteiger partial charge in [0.05, 0.1) is 0 Å². The lowest BCUT2D eigenvalue weighted by Gasteiger charge is -2.26. The molecule has 0 aliphatic heterocycles. The summed E-state index contributed by atoms with van der Waals surface area (Å²) in [4.78, 5) is 37.0. The van der Waals surface area contributed by atoms with E-state index in [2.05, 4.69) is 10.6 Å². The monoisotopic (exact) mass is 392 g/mol. The summed E-state index contributed by atoms with van der Waals surface area (Å²) in [6.07, 6.45) is -0.423. The number of alkyl carbamates (subject to hydrolysis) is 1. The standard InChI is InChI=1S/C21H32N2O5/c1-14(22-19(26)28-21(5,6)7)17(24)23-16(18(25)27-20(2,3)4)13-15-11-9-8-10-12-15/h8-12,14,16H,13H2,1-7H3,(H,22,26)(H,23,24)/t14-,16-/m0/s1. The molecule has 0 spiro atoms. The zero-order chi connectivity index (χ0) is 21.5. The molecule has 0 saturated heterocycles. The molecule has 2 N–H and O–H groups in total. The zero-order valence-corrected chi connectivity index (χ0v) is 17.8. The van der Waals surface area contributed by atoms with Crippen LogP contribution in [0.1, 0.15) is 54.0 Å². The maximum absolute atomic E-state index is 12.6. The lowest BCUT2D eigenvalue weighted by molar-refractivity contribution is -0.158. The van der Waals surface area contributed by atoms with Crippen molar-refractivity contribution in [3.05, 3.63) is 35.9 Å². The quantitative estimate of drug-likeness (QED) is 0.726. The van der Waals surface area contributed by atoms with E-state index in [1.807, 2.05) is 30.3 Å². The number of amides is 2. The van der Waals surface area contributed by atoms with Crippen molar-refractivity contribution in [2.75, 3.05) is 0 Å². The second kappa shape index (κ2) is 9.57. The van der Waals surface area contributed by atoms with E-state index in [1.54, 1.807) is 41.5 Å². The number of benzene rings is 1. The minimum absolute atomic E-state index is 0.278. The Hall–Kier alpha value is -2.57. The second-order valence-corrected chi connectivity index (χ2v) is 8.65. The van der Waals surface area contributed by atoms with Gasteiger partial charge in [0.2, 0.25) is 5.91 Å². The highest BCUT2D eigenvalue weighted by atomic mass is 16.6. The Morgan fingerprint density at radius 2 is 1.43 bits per heavy atom. The number of hydrogen-bond acceptors (Lipinski definition) is 5. The largest absolute Gasteiger partial charge is 0.458 e. The minimum atomic E-state index is -0.879. The van der Waals surface area contributed by atoms with E-state index in [9.17, 15) is 14.4 Å². The van der Waals surface area contributed by atoms with E-state index in [1.165, 1.54) is 6.92 Å². The molecule has 28 heavy (non-hydrogen) atoms. The van der Waals surface area contributed by atoms with Crippen molar-refractivity contribution in [2.45, 2.75) is 78.2 Å². The molecule has 7 nitrogen and oxygen atoms in total. The van der Waals surface area contributed by atoms with Gasteiger partial charge >= 0.3 is 12.1 Å². The fourth-order valence-corrected chi connectivity index (χ4v) is 2.26. The lowest BCUT2D eigenvalue weighted by Crippen LogP contribution is -2.52. The van der Waals surface area contributed by atoms with Gasteiger partial charge in [0.1, 0.15) is 23.3 Å². The van der Waals surface area contributed by atoms with Gasteiger partial charge in [-0.05, 0) is 54.0 Å². The number of nitrogens with one attached hydrogen (secondary N) is 2. The summed E-state index contributed by atoms with van der Waals surface area (Å²) in [6, 6.07) is 7.56. The summed E-state index contributed by atoms with van der Waals surface area (Å²) in [5.74, 6) is -1.04. The molecule has 0 bridgehead atoms. The van der Waals surface area contributed by atoms with Crippen LogP contribution in [0.2, 0.25) is 0 Å². The van der Waals surface area contributed by atoms with E-state index >= 15 is 0 Å². The summed E-state index contributed by atoms with van der Waals surface area (Å²) >= 11 is 0. The van der Waals surface area contributed by atoms with Crippen LogP contribution in [0.15, 0.2) is 30.3 Å². The molecule has 0 unspecified atom stereocenters. The third-order valence-electron chi connectivity index (χ3n) is 3.42. The average molecular weight is 392 g/mol. The van der Waals surface area contributed by atoms with Crippen LogP contribution in [-0.4, -0.2) is 41.3 Å². The molecule has 0 aliphatic rings. The molecular weight excluding hydrogens is 360 g/mol. The first-order chi connectivity index (χ1) is 12.8. The molecule has 0 aromatic heterocycles. The average Bonchev–Trinajstić information content (AvgIpc) is 2.51. The van der Waals surface area contributed by atoms with Crippen LogP contribution in [0.25, 0.3) is 0 Å². The van der Waals surface area contributed by atoms with Crippen molar-refractivity contribution in [3.63, 3.8) is 0 Å². The van der Waals surface area contributed by atoms with E-state index in [4.69, 9.17) is 9.47 Å². The van der Waals surface area contributed by atoms with Crippen LogP contribution < -0.4 is 10.6 Å². The fourth-order valence-electron chi connectivity index (χ4n) is 2.26. The van der Waals surface area contributed by atoms with Crippen LogP contribution in [0, 0.1) is 0 Å². The lowest BCUT2D eigenvalue weighted by atomic mass is 10.1. The van der Waals surface area contributed by atoms with Crippen LogP contribution in [0.5, 0.6) is 0 Å². The van der Waals surface area contributed by atoms with Crippen molar-refractivity contribution in [1.82, 2.24) is 10.6 Å². The molecule has 2 amide bonds. The van der Waals surface area contributed by atoms with Crippen molar-refractivity contribution in [2.24, 2.45) is 0 Å². The van der Waals surface area contributed by atoms with Gasteiger partial charge in [-0.15, -0.1) is 0 Å². The molecule has 1 rings (SSSR count). The normalized spacial score (nSPS) is 13.8. The first-order valence-electron chi connectivity index (χ1n) is 9.33. The zero-order valence-electron chi connectivity index (χ0n) is 17.8. The maximum atomic E-state index is 12.6. The first-order valence-corrected chi connectivity index (χ1v) is 9.33. The van der Waals surface area contributed by atoms with E-state index in [-0.39, 0.29) is 6.42 Å². The molecule has 0 saturated carbocycles. The van der Waals surface area contributed by atoms with Gasteiger partial charge in [0, 0.05) is 6.42 Å². The predicted octanol–water partition coefficient (Wildman–Crippen LogP) is 2.97. The smallest absolute Gasteiger partial charge is 0.408 e. The molecule has 2 atom stereocenters. The number of carbonyl (C=O) groups excluding carboxylic acids is 3. The van der Waals surface area contributed by atoms with Gasteiger partial charge in [-0.1, -0.05) is 30.3 Å². The molecule has 7 heteroatoms. The summed E-state index contributed by atoms with van der Waals surface area (Å²) < 4.78 is 10.6. The maximum Gasteiger partial charge on any atom is 0.408 e. The van der Waals surface area contributed by atoms with Gasteiger partial charge in [0.15, 0.2) is 0 Å². The molecule has 0 heterocycles.